The summed E-state index contributed by atoms with van der Waals surface area (Å²) in [7, 11) is 1.80. The molecule has 0 saturated carbocycles. The molecule has 1 atom stereocenters. The molecule has 0 aromatic heterocycles. The summed E-state index contributed by atoms with van der Waals surface area (Å²) in [6, 6.07) is 22.1. The molecule has 0 N–H and O–H groups in total. The van der Waals surface area contributed by atoms with E-state index in [1.165, 1.54) is 11.1 Å². The van der Waals surface area contributed by atoms with E-state index in [1.807, 2.05) is 0 Å². The smallest absolute Gasteiger partial charge is 0.0477 e. The third-order valence-electron chi connectivity index (χ3n) is 4.82. The fourth-order valence-corrected chi connectivity index (χ4v) is 3.50. The first-order valence-corrected chi connectivity index (χ1v) is 8.88. The van der Waals surface area contributed by atoms with Crippen LogP contribution in [0.1, 0.15) is 17.5 Å². The van der Waals surface area contributed by atoms with E-state index >= 15 is 0 Å². The third kappa shape index (κ3) is 4.91. The third-order valence-corrected chi connectivity index (χ3v) is 4.82. The highest BCUT2D eigenvalue weighted by Gasteiger charge is 2.26. The molecule has 1 saturated heterocycles. The second kappa shape index (κ2) is 8.97. The van der Waals surface area contributed by atoms with Crippen LogP contribution in [0, 0.1) is 0 Å². The van der Waals surface area contributed by atoms with E-state index in [1.54, 1.807) is 7.11 Å². The van der Waals surface area contributed by atoms with Gasteiger partial charge in [0.1, 0.15) is 0 Å². The zero-order valence-corrected chi connectivity index (χ0v) is 14.6. The molecule has 3 nitrogen and oxygen atoms in total. The summed E-state index contributed by atoms with van der Waals surface area (Å²) in [4.78, 5) is 5.20. The van der Waals surface area contributed by atoms with Gasteiger partial charge in [-0.3, -0.25) is 9.80 Å². The Balaban J connectivity index is 1.61. The minimum absolute atomic E-state index is 0.558. The number of ether oxygens (including phenoxy) is 1. The molecule has 0 spiro atoms. The van der Waals surface area contributed by atoms with Crippen molar-refractivity contribution >= 4 is 0 Å². The van der Waals surface area contributed by atoms with Gasteiger partial charge in [0.25, 0.3) is 0 Å². The molecule has 24 heavy (non-hydrogen) atoms. The molecule has 1 aliphatic rings. The van der Waals surface area contributed by atoms with Crippen molar-refractivity contribution in [2.75, 3.05) is 33.4 Å². The van der Waals surface area contributed by atoms with Crippen molar-refractivity contribution in [3.05, 3.63) is 71.8 Å². The molecule has 1 unspecified atom stereocenters. The van der Waals surface area contributed by atoms with Crippen LogP contribution in [-0.4, -0.2) is 49.2 Å². The van der Waals surface area contributed by atoms with E-state index in [0.29, 0.717) is 6.04 Å². The van der Waals surface area contributed by atoms with Crippen LogP contribution in [0.5, 0.6) is 0 Å². The lowest BCUT2D eigenvalue weighted by atomic mass is 10.1. The Morgan fingerprint density at radius 1 is 0.875 bits per heavy atom. The molecule has 2 aromatic rings. The molecular formula is C21H28N2O. The Labute approximate surface area is 145 Å². The van der Waals surface area contributed by atoms with Crippen LogP contribution in [0.4, 0.5) is 0 Å². The van der Waals surface area contributed by atoms with Crippen LogP contribution < -0.4 is 0 Å². The number of rotatable bonds is 7. The van der Waals surface area contributed by atoms with E-state index in [0.717, 1.165) is 45.8 Å². The first-order valence-electron chi connectivity index (χ1n) is 8.88. The highest BCUT2D eigenvalue weighted by molar-refractivity contribution is 5.16. The highest BCUT2D eigenvalue weighted by Crippen LogP contribution is 2.18. The normalized spacial score (nSPS) is 19.5. The summed E-state index contributed by atoms with van der Waals surface area (Å²) < 4.78 is 5.35. The molecule has 3 heteroatoms. The van der Waals surface area contributed by atoms with E-state index < -0.39 is 0 Å². The average Bonchev–Trinajstić information content (AvgIpc) is 2.63. The second-order valence-electron chi connectivity index (χ2n) is 6.61. The summed E-state index contributed by atoms with van der Waals surface area (Å²) in [5.74, 6) is 0. The molecule has 128 valence electrons. The lowest BCUT2D eigenvalue weighted by Gasteiger charge is -2.41. The molecule has 1 aliphatic heterocycles. The van der Waals surface area contributed by atoms with E-state index in [2.05, 4.69) is 70.5 Å². The van der Waals surface area contributed by atoms with Crippen molar-refractivity contribution in [2.45, 2.75) is 25.6 Å². The van der Waals surface area contributed by atoms with Gasteiger partial charge < -0.3 is 4.74 Å². The number of piperazine rings is 1. The summed E-state index contributed by atoms with van der Waals surface area (Å²) in [6.45, 7) is 6.28. The molecule has 0 amide bonds. The number of hydrogen-bond acceptors (Lipinski definition) is 3. The van der Waals surface area contributed by atoms with Crippen molar-refractivity contribution in [1.82, 2.24) is 9.80 Å². The SMILES string of the molecule is COCCC1CN(Cc2ccccc2)CCN1Cc1ccccc1. The van der Waals surface area contributed by atoms with Crippen molar-refractivity contribution in [2.24, 2.45) is 0 Å². The quantitative estimate of drug-likeness (QED) is 0.776. The number of methoxy groups -OCH3 is 1. The lowest BCUT2D eigenvalue weighted by molar-refractivity contribution is 0.0442. The molecular weight excluding hydrogens is 296 g/mol. The Bertz CT molecular complexity index is 587. The molecule has 0 radical (unpaired) electrons. The minimum Gasteiger partial charge on any atom is -0.385 e. The Kier molecular flexibility index (Phi) is 6.41. The Hall–Kier alpha value is -1.68. The molecule has 3 rings (SSSR count). The van der Waals surface area contributed by atoms with Crippen LogP contribution in [0.25, 0.3) is 0 Å². The maximum atomic E-state index is 5.35. The number of nitrogens with zero attached hydrogens (tertiary/aromatic N) is 2. The zero-order chi connectivity index (χ0) is 16.6. The fourth-order valence-electron chi connectivity index (χ4n) is 3.50. The Morgan fingerprint density at radius 3 is 2.12 bits per heavy atom. The van der Waals surface area contributed by atoms with E-state index in [9.17, 15) is 0 Å². The molecule has 2 aromatic carbocycles. The summed E-state index contributed by atoms with van der Waals surface area (Å²) in [5, 5.41) is 0. The molecule has 0 aliphatic carbocycles. The average molecular weight is 324 g/mol. The second-order valence-corrected chi connectivity index (χ2v) is 6.61. The van der Waals surface area contributed by atoms with Crippen molar-refractivity contribution in [1.29, 1.82) is 0 Å². The van der Waals surface area contributed by atoms with Gasteiger partial charge in [-0.15, -0.1) is 0 Å². The molecule has 1 fully saturated rings. The largest absolute Gasteiger partial charge is 0.385 e. The van der Waals surface area contributed by atoms with Gasteiger partial charge in [0.2, 0.25) is 0 Å². The summed E-state index contributed by atoms with van der Waals surface area (Å²) in [6.07, 6.45) is 1.09. The predicted molar refractivity (Wildman–Crippen MR) is 98.9 cm³/mol. The van der Waals surface area contributed by atoms with Crippen molar-refractivity contribution < 1.29 is 4.74 Å². The maximum absolute atomic E-state index is 5.35. The zero-order valence-electron chi connectivity index (χ0n) is 14.6. The minimum atomic E-state index is 0.558. The standard InChI is InChI=1S/C21H28N2O/c1-24-15-12-21-18-22(16-19-8-4-2-5-9-19)13-14-23(21)17-20-10-6-3-7-11-20/h2-11,21H,12-18H2,1H3. The van der Waals surface area contributed by atoms with Crippen LogP contribution in [0.3, 0.4) is 0 Å². The van der Waals surface area contributed by atoms with Crippen molar-refractivity contribution in [3.63, 3.8) is 0 Å². The van der Waals surface area contributed by atoms with Gasteiger partial charge in [0.15, 0.2) is 0 Å². The van der Waals surface area contributed by atoms with E-state index in [4.69, 9.17) is 4.74 Å². The topological polar surface area (TPSA) is 15.7 Å². The molecule has 1 heterocycles. The van der Waals surface area contributed by atoms with Crippen LogP contribution in [0.2, 0.25) is 0 Å². The van der Waals surface area contributed by atoms with E-state index in [-0.39, 0.29) is 0 Å². The summed E-state index contributed by atoms with van der Waals surface area (Å²) in [5.41, 5.74) is 2.80. The Morgan fingerprint density at radius 2 is 1.50 bits per heavy atom. The fraction of sp³-hybridized carbons (Fsp3) is 0.429. The monoisotopic (exact) mass is 324 g/mol. The maximum Gasteiger partial charge on any atom is 0.0477 e. The predicted octanol–water partition coefficient (Wildman–Crippen LogP) is 3.41. The van der Waals surface area contributed by atoms with Gasteiger partial charge in [0, 0.05) is 52.5 Å². The summed E-state index contributed by atoms with van der Waals surface area (Å²) >= 11 is 0. The van der Waals surface area contributed by atoms with Crippen molar-refractivity contribution in [3.8, 4) is 0 Å². The number of hydrogen-bond donors (Lipinski definition) is 0. The first-order chi connectivity index (χ1) is 11.8. The van der Waals surface area contributed by atoms with Gasteiger partial charge in [-0.1, -0.05) is 60.7 Å². The van der Waals surface area contributed by atoms with Gasteiger partial charge in [0.05, 0.1) is 0 Å². The molecule has 0 bridgehead atoms. The van der Waals surface area contributed by atoms with Crippen LogP contribution in [0.15, 0.2) is 60.7 Å². The van der Waals surface area contributed by atoms with Gasteiger partial charge in [-0.25, -0.2) is 0 Å². The van der Waals surface area contributed by atoms with Crippen LogP contribution >= 0.6 is 0 Å². The first kappa shape index (κ1) is 17.2. The lowest BCUT2D eigenvalue weighted by Crippen LogP contribution is -2.52. The van der Waals surface area contributed by atoms with Crippen LogP contribution in [-0.2, 0) is 17.8 Å². The van der Waals surface area contributed by atoms with Gasteiger partial charge in [-0.05, 0) is 17.5 Å². The van der Waals surface area contributed by atoms with Gasteiger partial charge in [-0.2, -0.15) is 0 Å². The van der Waals surface area contributed by atoms with Gasteiger partial charge >= 0.3 is 0 Å². The highest BCUT2D eigenvalue weighted by atomic mass is 16.5. The number of benzene rings is 2.